The number of piperazine rings is 1. The molecule has 1 aliphatic carbocycles. The molecule has 133 heavy (non-hydrogen) atoms. The van der Waals surface area contributed by atoms with Crippen molar-refractivity contribution < 1.29 is 82.1 Å². The molecular weight excluding hydrogens is 1770 g/mol. The van der Waals surface area contributed by atoms with Crippen LogP contribution in [0.15, 0.2) is 213 Å². The van der Waals surface area contributed by atoms with Crippen LogP contribution in [0.5, 0.6) is 11.5 Å². The number of non-ortho nitro benzene ring substituents is 5. The number of hydrogen-bond acceptors (Lipinski definition) is 25. The molecule has 2 aliphatic heterocycles. The quantitative estimate of drug-likeness (QED) is 0.0112. The van der Waals surface area contributed by atoms with Gasteiger partial charge in [0.15, 0.2) is 17.6 Å². The Morgan fingerprint density at radius 1 is 0.579 bits per heavy atom. The number of allylic oxidation sites excluding steroid dienone is 1. The number of methoxy groups -OCH3 is 2. The monoisotopic (exact) mass is 1860 g/mol. The van der Waals surface area contributed by atoms with Gasteiger partial charge >= 0.3 is 11.9 Å². The first-order valence-electron chi connectivity index (χ1n) is 42.1. The number of aromatic nitrogens is 1. The Morgan fingerprint density at radius 2 is 1.15 bits per heavy atom. The van der Waals surface area contributed by atoms with E-state index in [0.29, 0.717) is 84.5 Å². The number of aryl methyl sites for hydroxylation is 2. The summed E-state index contributed by atoms with van der Waals surface area (Å²) in [5, 5.41) is 84.8. The average Bonchev–Trinajstić information content (AvgIpc) is 1.57. The van der Waals surface area contributed by atoms with E-state index in [1.165, 1.54) is 127 Å². The van der Waals surface area contributed by atoms with Crippen molar-refractivity contribution in [2.75, 3.05) is 76.4 Å². The third kappa shape index (κ3) is 33.7. The molecule has 1 atom stereocenters. The van der Waals surface area contributed by atoms with Crippen LogP contribution in [0.2, 0.25) is 10.0 Å². The van der Waals surface area contributed by atoms with Crippen molar-refractivity contribution in [3.63, 3.8) is 0 Å². The lowest BCUT2D eigenvalue weighted by molar-refractivity contribution is -0.479. The van der Waals surface area contributed by atoms with E-state index in [2.05, 4.69) is 65.2 Å². The van der Waals surface area contributed by atoms with Crippen molar-refractivity contribution in [1.82, 2.24) is 9.47 Å². The van der Waals surface area contributed by atoms with Crippen molar-refractivity contribution in [1.29, 1.82) is 0 Å². The second-order valence-electron chi connectivity index (χ2n) is 30.2. The smallest absolute Gasteiger partial charge is 0.339 e. The van der Waals surface area contributed by atoms with E-state index in [1.807, 2.05) is 38.1 Å². The maximum absolute atomic E-state index is 13.6. The average molecular weight is 1870 g/mol. The number of carbonyl (C=O) groups is 4. The number of piperidine rings is 1. The normalized spacial score (nSPS) is 12.8. The van der Waals surface area contributed by atoms with E-state index in [4.69, 9.17) is 42.1 Å². The van der Waals surface area contributed by atoms with Gasteiger partial charge in [-0.1, -0.05) is 115 Å². The molecule has 13 rings (SSSR count). The number of fused-ring (bicyclic) bond motifs is 1. The lowest BCUT2D eigenvalue weighted by Crippen LogP contribution is -2.48. The van der Waals surface area contributed by atoms with Crippen molar-refractivity contribution in [2.24, 2.45) is 0 Å². The predicted molar refractivity (Wildman–Crippen MR) is 502 cm³/mol. The van der Waals surface area contributed by atoms with E-state index < -0.39 is 54.0 Å². The summed E-state index contributed by atoms with van der Waals surface area (Å²) in [6, 6.07) is 49.9. The number of nitro benzene ring substituents is 6. The van der Waals surface area contributed by atoms with E-state index >= 15 is 0 Å². The Labute approximate surface area is 775 Å². The molecule has 1 aromatic heterocycles. The molecule has 3 heterocycles. The molecule has 1 N–H and O–H groups in total. The Kier molecular flexibility index (Phi) is 42.0. The molecule has 0 radical (unpaired) electrons. The summed E-state index contributed by atoms with van der Waals surface area (Å²) in [5.74, 6) is 10.4. The Hall–Kier alpha value is -15.1. The first-order chi connectivity index (χ1) is 63.5. The van der Waals surface area contributed by atoms with Crippen LogP contribution in [0, 0.1) is 114 Å². The third-order valence-electron chi connectivity index (χ3n) is 20.6. The number of benzene rings is 9. The predicted octanol–water partition coefficient (Wildman–Crippen LogP) is 20.2. The minimum absolute atomic E-state index is 0.00387. The van der Waals surface area contributed by atoms with Crippen LogP contribution in [-0.2, 0) is 27.1 Å². The van der Waals surface area contributed by atoms with Gasteiger partial charge in [-0.3, -0.25) is 89.8 Å². The van der Waals surface area contributed by atoms with Crippen LogP contribution in [0.1, 0.15) is 150 Å². The number of rotatable bonds is 24. The highest BCUT2D eigenvalue weighted by atomic mass is 35.5. The fourth-order valence-electron chi connectivity index (χ4n) is 13.5. The van der Waals surface area contributed by atoms with Gasteiger partial charge in [-0.25, -0.2) is 9.18 Å². The topological polar surface area (TPSA) is 442 Å². The number of halogens is 3. The fraction of sp³-hybridized carbons (Fsp3) is 0.312. The number of aliphatic hydroxyl groups is 1. The fourth-order valence-corrected chi connectivity index (χ4v) is 13.9. The molecule has 37 heteroatoms. The van der Waals surface area contributed by atoms with E-state index in [0.717, 1.165) is 106 Å². The van der Waals surface area contributed by atoms with Crippen LogP contribution in [0.4, 0.5) is 49.9 Å². The minimum Gasteiger partial charge on any atom is -0.493 e. The molecule has 1 unspecified atom stereocenters. The van der Waals surface area contributed by atoms with Gasteiger partial charge in [-0.15, -0.1) is 6.58 Å². The standard InChI is InChI=1S/C18H19N3O3.C15H7Cl2FN2O3.C15H17NO3.C14H17NO4.C13H13NO4.C11H14N2O2.C10H13NO4/c1-14-3-2-4-17(13-14)19-9-11-20(12-10-19)18(22)15-5-7-16(8-6-15)21(23)24;16-11-7-12(17)13(18)6-10(11)15(21)19-4-3-8-5-9(20(22)23)1-2-14(8)19;1-12-5-6-14(16(18)19)11-13(12)7-10-15(17)8-3-2-4-9-15;1-2-3-4-5-10-19-14(16)11-12-6-8-13(9-7-12)15(17)18;1-3-4-5-10(2)18-13(15)11-6-8-12(9-7-11)14(16)17;14-13(15)11-7-3-2-6-10(11)12-8-4-1-5-9-12;1-14-9-4-3-8(5-6-11(12)13)7-10(9)15-2/h2-8,13H,9-12H2,1H3;1-7H;5-6,11,17H,2-4,8-9H2,1H3;2,6-9H,1,3-5,10-11H2;6-10H,3H2,1-2H3;2-3,6-7H,1,4-5,8-9H2;3-4,7H,5-6H2,1-2H3. The summed E-state index contributed by atoms with van der Waals surface area (Å²) in [5.41, 5.74) is 6.60. The van der Waals surface area contributed by atoms with Crippen LogP contribution in [0.3, 0.4) is 0 Å². The number of esters is 2. The van der Waals surface area contributed by atoms with Crippen molar-refractivity contribution in [2.45, 2.75) is 129 Å². The Bertz CT molecular complexity index is 5880. The number of hydrogen-bond donors (Lipinski definition) is 1. The highest BCUT2D eigenvalue weighted by Crippen LogP contribution is 2.34. The zero-order chi connectivity index (χ0) is 97.3. The molecule has 3 aliphatic rings. The highest BCUT2D eigenvalue weighted by Gasteiger charge is 2.28. The third-order valence-corrected chi connectivity index (χ3v) is 21.2. The van der Waals surface area contributed by atoms with Gasteiger partial charge in [-0.05, 0) is 186 Å². The molecule has 1 amide bonds. The molecule has 10 aromatic rings. The first-order valence-corrected chi connectivity index (χ1v) is 42.9. The van der Waals surface area contributed by atoms with Gasteiger partial charge in [0.25, 0.3) is 45.9 Å². The summed E-state index contributed by atoms with van der Waals surface area (Å²) in [6.45, 7) is 16.2. The number of ether oxygens (including phenoxy) is 4. The molecule has 34 nitrogen and oxygen atoms in total. The molecular formula is C96H100Cl2FN11O23. The van der Waals surface area contributed by atoms with Gasteiger partial charge in [0.1, 0.15) is 17.1 Å². The lowest BCUT2D eigenvalue weighted by atomic mass is 9.85. The summed E-state index contributed by atoms with van der Waals surface area (Å²) < 4.78 is 35.1. The van der Waals surface area contributed by atoms with E-state index in [-0.39, 0.29) is 90.0 Å². The summed E-state index contributed by atoms with van der Waals surface area (Å²) in [4.78, 5) is 126. The molecule has 0 bridgehead atoms. The molecule has 3 fully saturated rings. The van der Waals surface area contributed by atoms with Gasteiger partial charge in [-0.2, -0.15) is 0 Å². The van der Waals surface area contributed by atoms with Crippen molar-refractivity contribution >= 4 is 103 Å². The van der Waals surface area contributed by atoms with E-state index in [9.17, 15) is 99.5 Å². The first kappa shape index (κ1) is 105. The number of unbranched alkanes of at least 4 members (excludes halogenated alkanes) is 2. The largest absolute Gasteiger partial charge is 0.493 e. The number of amides is 1. The number of anilines is 2. The van der Waals surface area contributed by atoms with Crippen LogP contribution >= 0.6 is 23.2 Å². The molecule has 698 valence electrons. The molecule has 9 aromatic carbocycles. The second-order valence-corrected chi connectivity index (χ2v) is 31.0. The van der Waals surface area contributed by atoms with Crippen LogP contribution < -0.4 is 19.3 Å². The Balaban J connectivity index is 0.000000213. The maximum Gasteiger partial charge on any atom is 0.339 e. The van der Waals surface area contributed by atoms with E-state index in [1.54, 1.807) is 73.5 Å². The van der Waals surface area contributed by atoms with Gasteiger partial charge < -0.3 is 38.8 Å². The number of nitro groups is 7. The summed E-state index contributed by atoms with van der Waals surface area (Å²) in [6.07, 6.45) is 14.7. The van der Waals surface area contributed by atoms with Gasteiger partial charge in [0, 0.05) is 152 Å². The zero-order valence-corrected chi connectivity index (χ0v) is 75.5. The molecule has 2 saturated heterocycles. The minimum atomic E-state index is -0.921. The molecule has 1 saturated carbocycles. The van der Waals surface area contributed by atoms with Crippen LogP contribution in [0.25, 0.3) is 10.9 Å². The lowest BCUT2D eigenvalue weighted by Gasteiger charge is -2.36. The zero-order valence-electron chi connectivity index (χ0n) is 74.0. The highest BCUT2D eigenvalue weighted by molar-refractivity contribution is 6.37. The Morgan fingerprint density at radius 3 is 1.73 bits per heavy atom. The number of nitrogens with zero attached hydrogens (tertiary/aromatic N) is 11. The second kappa shape index (κ2) is 53.2. The molecule has 0 spiro atoms. The van der Waals surface area contributed by atoms with Crippen LogP contribution in [-0.4, -0.2) is 151 Å². The van der Waals surface area contributed by atoms with Gasteiger partial charge in [0.2, 0.25) is 6.54 Å². The van der Waals surface area contributed by atoms with Crippen molar-refractivity contribution in [3.05, 3.63) is 344 Å². The summed E-state index contributed by atoms with van der Waals surface area (Å²) >= 11 is 11.6. The SMILES string of the molecule is C=CCCCCOC(=O)Cc1ccc([N+](=O)[O-])cc1.CCC#CC(C)OC(=O)c1ccc([N+](=O)[O-])cc1.COc1ccc(CC[N+](=O)[O-])cc1OC.Cc1ccc([N+](=O)[O-])cc1C#CC1(O)CCCCC1.Cc1cccc(N2CCN(C(=O)c3ccc([N+](=O)[O-])cc3)CC2)c1.O=C(c1cc(F)c(Cl)cc1Cl)n1ccc2cc([N+](=O)[O-])ccc21.O=[N+]([O-])c1ccccc1N1CCCCC1. The van der Waals surface area contributed by atoms with Gasteiger partial charge in [0.05, 0.1) is 83.5 Å². The maximum atomic E-state index is 13.6. The number of para-hydroxylation sites is 2. The van der Waals surface area contributed by atoms with Crippen molar-refractivity contribution in [3.8, 4) is 35.2 Å². The number of carbonyl (C=O) groups excluding carboxylic acids is 4. The summed E-state index contributed by atoms with van der Waals surface area (Å²) in [7, 11) is 3.09.